The number of aromatic nitrogens is 1. The molecule has 2 rings (SSSR count). The third-order valence-corrected chi connectivity index (χ3v) is 2.56. The zero-order valence-corrected chi connectivity index (χ0v) is 9.33. The zero-order valence-electron chi connectivity index (χ0n) is 9.33. The lowest BCUT2D eigenvalue weighted by Gasteiger charge is -2.08. The van der Waals surface area contributed by atoms with Crippen LogP contribution >= 0.6 is 0 Å². The molecule has 15 heavy (non-hydrogen) atoms. The Morgan fingerprint density at radius 1 is 1.53 bits per heavy atom. The number of hydrogen-bond donors (Lipinski definition) is 1. The molecule has 0 fully saturated rings. The lowest BCUT2D eigenvalue weighted by molar-refractivity contribution is 0.438. The quantitative estimate of drug-likeness (QED) is 0.812. The van der Waals surface area contributed by atoms with Crippen LogP contribution in [-0.2, 0) is 0 Å². The van der Waals surface area contributed by atoms with Crippen molar-refractivity contribution in [2.75, 3.05) is 32.0 Å². The average Bonchev–Trinajstić information content (AvgIpc) is 2.66. The Kier molecular flexibility index (Phi) is 3.02. The summed E-state index contributed by atoms with van der Waals surface area (Å²) in [4.78, 5) is 6.68. The van der Waals surface area contributed by atoms with Crippen LogP contribution in [0.5, 0.6) is 0 Å². The fourth-order valence-electron chi connectivity index (χ4n) is 1.79. The van der Waals surface area contributed by atoms with Crippen LogP contribution in [0.4, 0.5) is 5.69 Å². The minimum absolute atomic E-state index is 0.947. The van der Waals surface area contributed by atoms with Crippen molar-refractivity contribution in [3.05, 3.63) is 30.1 Å². The van der Waals surface area contributed by atoms with Crippen LogP contribution in [0.3, 0.4) is 0 Å². The fourth-order valence-corrected chi connectivity index (χ4v) is 1.79. The highest BCUT2D eigenvalue weighted by Crippen LogP contribution is 2.20. The van der Waals surface area contributed by atoms with Crippen LogP contribution in [0, 0.1) is 0 Å². The summed E-state index contributed by atoms with van der Waals surface area (Å²) in [6.45, 7) is 5.08. The highest BCUT2D eigenvalue weighted by molar-refractivity contribution is 5.68. The summed E-state index contributed by atoms with van der Waals surface area (Å²) in [6, 6.07) is 4.13. The van der Waals surface area contributed by atoms with Crippen molar-refractivity contribution in [1.82, 2.24) is 9.88 Å². The van der Waals surface area contributed by atoms with Gasteiger partial charge in [0.15, 0.2) is 0 Å². The predicted octanol–water partition coefficient (Wildman–Crippen LogP) is 1.84. The van der Waals surface area contributed by atoms with Gasteiger partial charge < -0.3 is 5.32 Å². The number of nitrogens with zero attached hydrogens (tertiary/aromatic N) is 2. The van der Waals surface area contributed by atoms with E-state index in [9.17, 15) is 0 Å². The summed E-state index contributed by atoms with van der Waals surface area (Å²) >= 11 is 0. The maximum Gasteiger partial charge on any atom is 0.0692 e. The first-order valence-corrected chi connectivity index (χ1v) is 5.37. The van der Waals surface area contributed by atoms with Gasteiger partial charge in [-0.15, -0.1) is 0 Å². The van der Waals surface area contributed by atoms with Crippen molar-refractivity contribution in [1.29, 1.82) is 0 Å². The Labute approximate surface area is 90.8 Å². The van der Waals surface area contributed by atoms with Crippen molar-refractivity contribution >= 4 is 11.3 Å². The molecule has 0 spiro atoms. The van der Waals surface area contributed by atoms with E-state index in [0.29, 0.717) is 0 Å². The van der Waals surface area contributed by atoms with Gasteiger partial charge in [0.1, 0.15) is 0 Å². The first kappa shape index (κ1) is 10.2. The number of nitrogens with one attached hydrogen (secondary N) is 1. The second kappa shape index (κ2) is 4.45. The first-order valence-electron chi connectivity index (χ1n) is 5.37. The molecule has 2 heterocycles. The van der Waals surface area contributed by atoms with E-state index in [1.807, 2.05) is 12.3 Å². The number of hydrogen-bond acceptors (Lipinski definition) is 3. The lowest BCUT2D eigenvalue weighted by Crippen LogP contribution is -2.13. The second-order valence-electron chi connectivity index (χ2n) is 3.89. The van der Waals surface area contributed by atoms with Gasteiger partial charge in [0, 0.05) is 31.5 Å². The van der Waals surface area contributed by atoms with Gasteiger partial charge in [-0.2, -0.15) is 0 Å². The molecule has 0 radical (unpaired) electrons. The molecule has 1 N–H and O–H groups in total. The van der Waals surface area contributed by atoms with Crippen LogP contribution in [0.1, 0.15) is 12.6 Å². The topological polar surface area (TPSA) is 28.2 Å². The Bertz CT molecular complexity index is 371. The number of rotatable bonds is 3. The predicted molar refractivity (Wildman–Crippen MR) is 63.9 cm³/mol. The van der Waals surface area contributed by atoms with Gasteiger partial charge in [0.05, 0.1) is 5.69 Å². The van der Waals surface area contributed by atoms with E-state index in [4.69, 9.17) is 0 Å². The highest BCUT2D eigenvalue weighted by Gasteiger charge is 2.12. The molecule has 80 valence electrons. The minimum atomic E-state index is 0.947. The maximum absolute atomic E-state index is 4.40. The summed E-state index contributed by atoms with van der Waals surface area (Å²) in [7, 11) is 2.12. The van der Waals surface area contributed by atoms with Gasteiger partial charge >= 0.3 is 0 Å². The van der Waals surface area contributed by atoms with E-state index >= 15 is 0 Å². The molecule has 3 heteroatoms. The molecule has 1 aromatic heterocycles. The van der Waals surface area contributed by atoms with Crippen LogP contribution in [0.2, 0.25) is 0 Å². The summed E-state index contributed by atoms with van der Waals surface area (Å²) in [5.74, 6) is 0. The Hall–Kier alpha value is -1.35. The molecule has 3 nitrogen and oxygen atoms in total. The van der Waals surface area contributed by atoms with Crippen molar-refractivity contribution in [2.45, 2.75) is 6.92 Å². The molecule has 0 aliphatic carbocycles. The van der Waals surface area contributed by atoms with E-state index in [-0.39, 0.29) is 0 Å². The van der Waals surface area contributed by atoms with E-state index < -0.39 is 0 Å². The number of likely N-dealkylation sites (N-methyl/N-ethyl adjacent to an activating group) is 1. The summed E-state index contributed by atoms with van der Waals surface area (Å²) in [5.41, 5.74) is 3.58. The third kappa shape index (κ3) is 2.36. The van der Waals surface area contributed by atoms with Crippen LogP contribution in [0.15, 0.2) is 24.4 Å². The largest absolute Gasteiger partial charge is 0.385 e. The minimum Gasteiger partial charge on any atom is -0.385 e. The van der Waals surface area contributed by atoms with Gasteiger partial charge in [-0.1, -0.05) is 6.08 Å². The maximum atomic E-state index is 4.40. The number of anilines is 1. The summed E-state index contributed by atoms with van der Waals surface area (Å²) in [5, 5.41) is 3.30. The van der Waals surface area contributed by atoms with Crippen LogP contribution in [0.25, 0.3) is 5.57 Å². The molecular weight excluding hydrogens is 186 g/mol. The summed E-state index contributed by atoms with van der Waals surface area (Å²) < 4.78 is 0. The Balaban J connectivity index is 2.18. The van der Waals surface area contributed by atoms with Crippen LogP contribution in [-0.4, -0.2) is 36.6 Å². The molecule has 0 atom stereocenters. The average molecular weight is 203 g/mol. The SMILES string of the molecule is CCNc1ccnc(C2=CCN(C)C2)c1. The van der Waals surface area contributed by atoms with Gasteiger partial charge in [-0.05, 0) is 31.7 Å². The lowest BCUT2D eigenvalue weighted by atomic mass is 10.1. The molecule has 0 amide bonds. The van der Waals surface area contributed by atoms with E-state index in [1.54, 1.807) is 0 Å². The highest BCUT2D eigenvalue weighted by atomic mass is 15.1. The van der Waals surface area contributed by atoms with Crippen molar-refractivity contribution in [3.8, 4) is 0 Å². The normalized spacial score (nSPS) is 16.5. The molecule has 0 bridgehead atoms. The summed E-state index contributed by atoms with van der Waals surface area (Å²) in [6.07, 6.45) is 4.12. The van der Waals surface area contributed by atoms with Crippen molar-refractivity contribution in [2.24, 2.45) is 0 Å². The second-order valence-corrected chi connectivity index (χ2v) is 3.89. The monoisotopic (exact) mass is 203 g/mol. The third-order valence-electron chi connectivity index (χ3n) is 2.56. The number of pyridine rings is 1. The molecule has 0 aromatic carbocycles. The van der Waals surface area contributed by atoms with Gasteiger partial charge in [-0.3, -0.25) is 9.88 Å². The zero-order chi connectivity index (χ0) is 10.7. The molecular formula is C12H17N3. The van der Waals surface area contributed by atoms with Crippen molar-refractivity contribution < 1.29 is 0 Å². The fraction of sp³-hybridized carbons (Fsp3) is 0.417. The Morgan fingerprint density at radius 3 is 3.07 bits per heavy atom. The standard InChI is InChI=1S/C12H17N3/c1-3-13-11-4-6-14-12(8-11)10-5-7-15(2)9-10/h4-6,8H,3,7,9H2,1-2H3,(H,13,14). The molecule has 0 unspecified atom stereocenters. The molecule has 1 aromatic rings. The molecule has 1 aliphatic rings. The van der Waals surface area contributed by atoms with E-state index in [1.165, 1.54) is 5.57 Å². The first-order chi connectivity index (χ1) is 7.29. The molecule has 1 aliphatic heterocycles. The molecule has 0 saturated carbocycles. The van der Waals surface area contributed by atoms with Crippen molar-refractivity contribution in [3.63, 3.8) is 0 Å². The smallest absolute Gasteiger partial charge is 0.0692 e. The Morgan fingerprint density at radius 2 is 2.40 bits per heavy atom. The van der Waals surface area contributed by atoms with E-state index in [0.717, 1.165) is 31.0 Å². The van der Waals surface area contributed by atoms with Gasteiger partial charge in [0.25, 0.3) is 0 Å². The van der Waals surface area contributed by atoms with Gasteiger partial charge in [-0.25, -0.2) is 0 Å². The van der Waals surface area contributed by atoms with Crippen LogP contribution < -0.4 is 5.32 Å². The molecule has 0 saturated heterocycles. The van der Waals surface area contributed by atoms with E-state index in [2.05, 4.69) is 41.3 Å². The van der Waals surface area contributed by atoms with Gasteiger partial charge in [0.2, 0.25) is 0 Å².